The van der Waals surface area contributed by atoms with Crippen molar-refractivity contribution in [1.82, 2.24) is 0 Å². The first-order valence-electron chi connectivity index (χ1n) is 12.2. The number of carbonyl (C=O) groups is 3. The van der Waals surface area contributed by atoms with E-state index in [1.165, 1.54) is 13.2 Å². The molecule has 0 amide bonds. The number of cyclic esters (lactones) is 1. The van der Waals surface area contributed by atoms with Gasteiger partial charge in [-0.15, -0.1) is 0 Å². The third kappa shape index (κ3) is 2.90. The Balaban J connectivity index is 1.67. The maximum atomic E-state index is 14.1. The van der Waals surface area contributed by atoms with Gasteiger partial charge in [0.15, 0.2) is 6.10 Å². The van der Waals surface area contributed by atoms with Gasteiger partial charge in [0.1, 0.15) is 17.5 Å². The number of Topliss-reactive ketones (excluding diaryl/α,β-unsaturated/α-hetero) is 1. The summed E-state index contributed by atoms with van der Waals surface area (Å²) < 4.78 is 22.3. The maximum absolute atomic E-state index is 14.1. The van der Waals surface area contributed by atoms with Crippen molar-refractivity contribution in [2.24, 2.45) is 28.1 Å². The summed E-state index contributed by atoms with van der Waals surface area (Å²) in [7, 11) is 1.31. The highest BCUT2D eigenvalue weighted by Crippen LogP contribution is 2.78. The van der Waals surface area contributed by atoms with Crippen LogP contribution in [0.2, 0.25) is 0 Å². The average Bonchev–Trinajstić information content (AvgIpc) is 3.36. The van der Waals surface area contributed by atoms with Gasteiger partial charge in [-0.2, -0.15) is 0 Å². The fraction of sp³-hybridized carbons (Fsp3) is 0.667. The second-order valence-electron chi connectivity index (χ2n) is 11.9. The summed E-state index contributed by atoms with van der Waals surface area (Å²) >= 11 is 0. The molecule has 2 saturated heterocycles. The van der Waals surface area contributed by atoms with Crippen LogP contribution in [0.25, 0.3) is 0 Å². The highest BCUT2D eigenvalue weighted by atomic mass is 16.7. The lowest BCUT2D eigenvalue weighted by atomic mass is 9.37. The monoisotopic (exact) mass is 486 g/mol. The summed E-state index contributed by atoms with van der Waals surface area (Å²) in [6, 6.07) is 1.78. The second-order valence-corrected chi connectivity index (χ2v) is 11.9. The van der Waals surface area contributed by atoms with Crippen LogP contribution in [0.5, 0.6) is 0 Å². The molecule has 0 bridgehead atoms. The van der Waals surface area contributed by atoms with Crippen molar-refractivity contribution >= 4 is 17.7 Å². The van der Waals surface area contributed by atoms with E-state index in [0.29, 0.717) is 12.8 Å². The summed E-state index contributed by atoms with van der Waals surface area (Å²) in [6.45, 7) is 9.34. The fourth-order valence-corrected chi connectivity index (χ4v) is 8.21. The van der Waals surface area contributed by atoms with Crippen molar-refractivity contribution in [1.29, 1.82) is 0 Å². The number of allylic oxidation sites excluding steroid dienone is 1. The third-order valence-corrected chi connectivity index (χ3v) is 9.86. The predicted octanol–water partition coefficient (Wildman–Crippen LogP) is 3.53. The Kier molecular flexibility index (Phi) is 5.05. The molecule has 4 aliphatic rings. The molecule has 1 aromatic heterocycles. The molecule has 2 saturated carbocycles. The molecule has 0 unspecified atom stereocenters. The normalized spacial score (nSPS) is 44.8. The summed E-state index contributed by atoms with van der Waals surface area (Å²) in [4.78, 5) is 39.3. The van der Waals surface area contributed by atoms with E-state index < -0.39 is 57.5 Å². The molecule has 1 N–H and O–H groups in total. The molecular weight excluding hydrogens is 452 g/mol. The topological polar surface area (TPSA) is 116 Å². The zero-order valence-electron chi connectivity index (χ0n) is 21.1. The molecular formula is C27H34O8. The van der Waals surface area contributed by atoms with Crippen molar-refractivity contribution in [3.8, 4) is 0 Å². The van der Waals surface area contributed by atoms with Gasteiger partial charge in [-0.05, 0) is 51.0 Å². The first-order valence-corrected chi connectivity index (χ1v) is 12.2. The van der Waals surface area contributed by atoms with Gasteiger partial charge < -0.3 is 23.7 Å². The van der Waals surface area contributed by atoms with Crippen LogP contribution in [0, 0.1) is 28.1 Å². The van der Waals surface area contributed by atoms with E-state index >= 15 is 0 Å². The minimum Gasteiger partial charge on any atom is -0.472 e. The molecule has 5 rings (SSSR count). The van der Waals surface area contributed by atoms with Gasteiger partial charge in [-0.3, -0.25) is 4.79 Å². The predicted molar refractivity (Wildman–Crippen MR) is 123 cm³/mol. The molecule has 8 atom stereocenters. The van der Waals surface area contributed by atoms with Crippen LogP contribution in [0.3, 0.4) is 0 Å². The van der Waals surface area contributed by atoms with Crippen LogP contribution < -0.4 is 0 Å². The fourth-order valence-electron chi connectivity index (χ4n) is 8.21. The van der Waals surface area contributed by atoms with Crippen molar-refractivity contribution in [2.75, 3.05) is 7.11 Å². The number of hydrogen-bond acceptors (Lipinski definition) is 8. The minimum absolute atomic E-state index is 0.0346. The van der Waals surface area contributed by atoms with Gasteiger partial charge in [0, 0.05) is 29.4 Å². The van der Waals surface area contributed by atoms with Crippen molar-refractivity contribution in [2.45, 2.75) is 77.3 Å². The Morgan fingerprint density at radius 1 is 1.23 bits per heavy atom. The summed E-state index contributed by atoms with van der Waals surface area (Å²) in [6.07, 6.45) is 6.19. The Hall–Kier alpha value is -2.45. The number of rotatable bonds is 4. The standard InChI is InChI=1S/C27H34O8/c1-23(2,31)17-13-18(28)26(5)16(24(17,3)10-8-19(29)32-6)7-11-25(4)20(15-9-12-33-14-15)34-22(30)21-27(25,26)35-21/h8-10,12,14,16-17,20-21,31H,7,11,13H2,1-6H3/b10-8-/t16-,17+,20+,21-,24-,25+,26+,27-/m1/s1. The smallest absolute Gasteiger partial charge is 0.339 e. The van der Waals surface area contributed by atoms with Gasteiger partial charge in [0.25, 0.3) is 0 Å². The number of epoxide rings is 1. The van der Waals surface area contributed by atoms with Gasteiger partial charge in [0.05, 0.1) is 30.7 Å². The first kappa shape index (κ1) is 24.3. The third-order valence-electron chi connectivity index (χ3n) is 9.86. The van der Waals surface area contributed by atoms with Crippen LogP contribution in [0.4, 0.5) is 0 Å². The van der Waals surface area contributed by atoms with E-state index in [1.807, 2.05) is 20.8 Å². The number of aliphatic hydroxyl groups is 1. The number of furan rings is 1. The van der Waals surface area contributed by atoms with Gasteiger partial charge in [-0.25, -0.2) is 9.59 Å². The zero-order chi connectivity index (χ0) is 25.6. The number of esters is 2. The van der Waals surface area contributed by atoms with E-state index in [0.717, 1.165) is 5.56 Å². The van der Waals surface area contributed by atoms with Gasteiger partial charge >= 0.3 is 11.9 Å². The van der Waals surface area contributed by atoms with E-state index in [9.17, 15) is 19.5 Å². The number of ether oxygens (including phenoxy) is 3. The number of fused-ring (bicyclic) bond motifs is 1. The number of carbonyl (C=O) groups excluding carboxylic acids is 3. The van der Waals surface area contributed by atoms with Crippen LogP contribution >= 0.6 is 0 Å². The average molecular weight is 487 g/mol. The van der Waals surface area contributed by atoms with Crippen molar-refractivity contribution in [3.63, 3.8) is 0 Å². The Morgan fingerprint density at radius 3 is 2.54 bits per heavy atom. The van der Waals surface area contributed by atoms with Crippen LogP contribution in [-0.4, -0.2) is 47.2 Å². The summed E-state index contributed by atoms with van der Waals surface area (Å²) in [5.74, 6) is -1.74. The molecule has 190 valence electrons. The van der Waals surface area contributed by atoms with Gasteiger partial charge in [-0.1, -0.05) is 19.9 Å². The molecule has 0 aromatic carbocycles. The summed E-state index contributed by atoms with van der Waals surface area (Å²) in [5.41, 5.74) is -3.94. The number of hydrogen-bond donors (Lipinski definition) is 1. The molecule has 4 fully saturated rings. The quantitative estimate of drug-likeness (QED) is 0.390. The lowest BCUT2D eigenvalue weighted by Crippen LogP contribution is -2.71. The van der Waals surface area contributed by atoms with E-state index in [1.54, 1.807) is 38.5 Å². The molecule has 8 heteroatoms. The highest BCUT2D eigenvalue weighted by molar-refractivity contribution is 5.93. The first-order chi connectivity index (χ1) is 16.3. The molecule has 8 nitrogen and oxygen atoms in total. The van der Waals surface area contributed by atoms with Crippen molar-refractivity contribution in [3.05, 3.63) is 36.3 Å². The molecule has 2 aliphatic heterocycles. The largest absolute Gasteiger partial charge is 0.472 e. The molecule has 3 heterocycles. The zero-order valence-corrected chi connectivity index (χ0v) is 21.1. The maximum Gasteiger partial charge on any atom is 0.339 e. The van der Waals surface area contributed by atoms with Crippen LogP contribution in [0.1, 0.15) is 65.5 Å². The SMILES string of the molecule is COC(=O)/C=C\[C@]1(C)[C@H]2CC[C@@]3(C)[C@H](c4ccoc4)OC(=O)[C@H]4O[C@]43[C@]2(C)C(=O)C[C@H]1C(C)(C)O. The molecule has 1 aromatic rings. The molecule has 35 heavy (non-hydrogen) atoms. The number of ketones is 1. The van der Waals surface area contributed by atoms with E-state index in [2.05, 4.69) is 0 Å². The van der Waals surface area contributed by atoms with E-state index in [-0.39, 0.29) is 18.1 Å². The Labute approximate surface area is 205 Å². The van der Waals surface area contributed by atoms with Crippen molar-refractivity contribution < 1.29 is 38.1 Å². The molecule has 1 spiro atoms. The number of methoxy groups -OCH3 is 1. The van der Waals surface area contributed by atoms with Crippen LogP contribution in [-0.2, 0) is 28.6 Å². The lowest BCUT2D eigenvalue weighted by molar-refractivity contribution is -0.213. The highest BCUT2D eigenvalue weighted by Gasteiger charge is 2.88. The molecule has 2 aliphatic carbocycles. The van der Waals surface area contributed by atoms with Crippen LogP contribution in [0.15, 0.2) is 35.2 Å². The van der Waals surface area contributed by atoms with Gasteiger partial charge in [0.2, 0.25) is 0 Å². The Bertz CT molecular complexity index is 1100. The second kappa shape index (κ2) is 7.29. The Morgan fingerprint density at radius 2 is 1.94 bits per heavy atom. The minimum atomic E-state index is -1.18. The summed E-state index contributed by atoms with van der Waals surface area (Å²) in [5, 5.41) is 11.1. The lowest BCUT2D eigenvalue weighted by Gasteiger charge is -2.65. The molecule has 0 radical (unpaired) electrons. The van der Waals surface area contributed by atoms with E-state index in [4.69, 9.17) is 18.6 Å².